The highest BCUT2D eigenvalue weighted by Gasteiger charge is 2.24. The molecular formula is C18H23N5O3. The third-order valence-electron chi connectivity index (χ3n) is 4.95. The van der Waals surface area contributed by atoms with Gasteiger partial charge in [0.1, 0.15) is 12.9 Å². The molecule has 26 heavy (non-hydrogen) atoms. The largest absolute Gasteiger partial charge is 0.480 e. The summed E-state index contributed by atoms with van der Waals surface area (Å²) in [4.78, 5) is 24.4. The van der Waals surface area contributed by atoms with Gasteiger partial charge in [0, 0.05) is 45.0 Å². The van der Waals surface area contributed by atoms with Gasteiger partial charge in [0.15, 0.2) is 0 Å². The third-order valence-corrected chi connectivity index (χ3v) is 4.95. The Morgan fingerprint density at radius 3 is 2.85 bits per heavy atom. The Bertz CT molecular complexity index is 781. The van der Waals surface area contributed by atoms with Gasteiger partial charge in [-0.1, -0.05) is 0 Å². The van der Waals surface area contributed by atoms with Gasteiger partial charge in [-0.15, -0.1) is 0 Å². The van der Waals surface area contributed by atoms with E-state index in [9.17, 15) is 4.79 Å². The molecule has 3 heterocycles. The number of hydrogen-bond acceptors (Lipinski definition) is 7. The number of anilines is 1. The summed E-state index contributed by atoms with van der Waals surface area (Å²) in [6.45, 7) is 5.45. The molecule has 1 N–H and O–H groups in total. The highest BCUT2D eigenvalue weighted by atomic mass is 16.5. The monoisotopic (exact) mass is 357 g/mol. The molecule has 0 spiro atoms. The number of rotatable bonds is 4. The number of amides is 1. The second kappa shape index (κ2) is 7.43. The Morgan fingerprint density at radius 1 is 1.27 bits per heavy atom. The zero-order chi connectivity index (χ0) is 17.9. The summed E-state index contributed by atoms with van der Waals surface area (Å²) in [5.74, 6) is 0.578. The SMILES string of the molecule is COc1ncnc2ccc(N3CCN(CC4CNC(=O)CO4)CC3)cc12. The highest BCUT2D eigenvalue weighted by Crippen LogP contribution is 2.27. The predicted octanol–water partition coefficient (Wildman–Crippen LogP) is 0.275. The van der Waals surface area contributed by atoms with Crippen molar-refractivity contribution in [1.29, 1.82) is 0 Å². The summed E-state index contributed by atoms with van der Waals surface area (Å²) in [7, 11) is 1.63. The number of carbonyl (C=O) groups is 1. The summed E-state index contributed by atoms with van der Waals surface area (Å²) in [5.41, 5.74) is 2.04. The molecule has 138 valence electrons. The van der Waals surface area contributed by atoms with Crippen molar-refractivity contribution in [2.24, 2.45) is 0 Å². The zero-order valence-electron chi connectivity index (χ0n) is 14.9. The van der Waals surface area contributed by atoms with Crippen LogP contribution in [-0.2, 0) is 9.53 Å². The number of hydrogen-bond donors (Lipinski definition) is 1. The molecule has 2 aliphatic rings. The molecule has 1 amide bonds. The van der Waals surface area contributed by atoms with Gasteiger partial charge in [-0.25, -0.2) is 9.97 Å². The molecule has 1 aromatic heterocycles. The number of methoxy groups -OCH3 is 1. The van der Waals surface area contributed by atoms with Crippen LogP contribution in [0.25, 0.3) is 10.9 Å². The van der Waals surface area contributed by atoms with Crippen molar-refractivity contribution < 1.29 is 14.3 Å². The fourth-order valence-electron chi connectivity index (χ4n) is 3.51. The third kappa shape index (κ3) is 3.56. The molecule has 8 heteroatoms. The van der Waals surface area contributed by atoms with Crippen LogP contribution >= 0.6 is 0 Å². The Labute approximate surface area is 152 Å². The van der Waals surface area contributed by atoms with E-state index in [0.29, 0.717) is 12.4 Å². The molecule has 2 aromatic rings. The van der Waals surface area contributed by atoms with E-state index in [1.807, 2.05) is 6.07 Å². The van der Waals surface area contributed by atoms with Crippen molar-refractivity contribution in [2.45, 2.75) is 6.10 Å². The first kappa shape index (κ1) is 17.0. The number of nitrogens with one attached hydrogen (secondary N) is 1. The van der Waals surface area contributed by atoms with Crippen LogP contribution in [0.5, 0.6) is 5.88 Å². The summed E-state index contributed by atoms with van der Waals surface area (Å²) < 4.78 is 10.9. The van der Waals surface area contributed by atoms with Crippen LogP contribution in [0.3, 0.4) is 0 Å². The molecule has 8 nitrogen and oxygen atoms in total. The Balaban J connectivity index is 1.38. The molecule has 0 aliphatic carbocycles. The molecule has 4 rings (SSSR count). The van der Waals surface area contributed by atoms with Gasteiger partial charge in [0.25, 0.3) is 0 Å². The summed E-state index contributed by atoms with van der Waals surface area (Å²) in [6, 6.07) is 6.22. The lowest BCUT2D eigenvalue weighted by atomic mass is 10.1. The number of fused-ring (bicyclic) bond motifs is 1. The normalized spacial score (nSPS) is 21.7. The number of aromatic nitrogens is 2. The fraction of sp³-hybridized carbons (Fsp3) is 0.500. The van der Waals surface area contributed by atoms with E-state index >= 15 is 0 Å². The Hall–Kier alpha value is -2.45. The van der Waals surface area contributed by atoms with Crippen LogP contribution in [0.15, 0.2) is 24.5 Å². The first-order valence-electron chi connectivity index (χ1n) is 8.87. The van der Waals surface area contributed by atoms with E-state index in [0.717, 1.165) is 49.3 Å². The minimum atomic E-state index is -0.0261. The van der Waals surface area contributed by atoms with Crippen LogP contribution < -0.4 is 15.0 Å². The van der Waals surface area contributed by atoms with Crippen LogP contribution in [0, 0.1) is 0 Å². The van der Waals surface area contributed by atoms with E-state index in [2.05, 4.69) is 37.2 Å². The van der Waals surface area contributed by atoms with Crippen molar-refractivity contribution in [3.05, 3.63) is 24.5 Å². The Morgan fingerprint density at radius 2 is 2.12 bits per heavy atom. The van der Waals surface area contributed by atoms with E-state index in [4.69, 9.17) is 9.47 Å². The molecule has 1 aromatic carbocycles. The number of benzene rings is 1. The van der Waals surface area contributed by atoms with Crippen molar-refractivity contribution in [1.82, 2.24) is 20.2 Å². The minimum Gasteiger partial charge on any atom is -0.480 e. The zero-order valence-corrected chi connectivity index (χ0v) is 14.9. The number of nitrogens with zero attached hydrogens (tertiary/aromatic N) is 4. The van der Waals surface area contributed by atoms with E-state index in [1.54, 1.807) is 7.11 Å². The van der Waals surface area contributed by atoms with Gasteiger partial charge in [0.2, 0.25) is 11.8 Å². The fourth-order valence-corrected chi connectivity index (χ4v) is 3.51. The minimum absolute atomic E-state index is 0.0261. The van der Waals surface area contributed by atoms with Crippen molar-refractivity contribution >= 4 is 22.5 Å². The number of morpholine rings is 1. The number of ether oxygens (including phenoxy) is 2. The van der Waals surface area contributed by atoms with E-state index < -0.39 is 0 Å². The first-order valence-corrected chi connectivity index (χ1v) is 8.87. The summed E-state index contributed by atoms with van der Waals surface area (Å²) in [5, 5.41) is 3.79. The average molecular weight is 357 g/mol. The lowest BCUT2D eigenvalue weighted by Crippen LogP contribution is -2.52. The lowest BCUT2D eigenvalue weighted by Gasteiger charge is -2.38. The topological polar surface area (TPSA) is 79.8 Å². The van der Waals surface area contributed by atoms with E-state index in [1.165, 1.54) is 6.33 Å². The molecule has 1 unspecified atom stereocenters. The van der Waals surface area contributed by atoms with Gasteiger partial charge < -0.3 is 19.7 Å². The second-order valence-electron chi connectivity index (χ2n) is 6.61. The molecule has 0 bridgehead atoms. The molecule has 2 fully saturated rings. The second-order valence-corrected chi connectivity index (χ2v) is 6.61. The maximum atomic E-state index is 11.2. The van der Waals surface area contributed by atoms with Crippen molar-refractivity contribution in [3.8, 4) is 5.88 Å². The molecule has 2 saturated heterocycles. The molecule has 0 radical (unpaired) electrons. The predicted molar refractivity (Wildman–Crippen MR) is 97.5 cm³/mol. The quantitative estimate of drug-likeness (QED) is 0.842. The number of piperazine rings is 1. The summed E-state index contributed by atoms with van der Waals surface area (Å²) >= 11 is 0. The van der Waals surface area contributed by atoms with Gasteiger partial charge in [-0.2, -0.15) is 0 Å². The Kier molecular flexibility index (Phi) is 4.85. The average Bonchev–Trinajstić information content (AvgIpc) is 2.69. The van der Waals surface area contributed by atoms with Crippen molar-refractivity contribution in [2.75, 3.05) is 57.9 Å². The first-order chi connectivity index (χ1) is 12.7. The smallest absolute Gasteiger partial charge is 0.246 e. The maximum Gasteiger partial charge on any atom is 0.246 e. The van der Waals surface area contributed by atoms with Gasteiger partial charge >= 0.3 is 0 Å². The molecule has 2 aliphatic heterocycles. The highest BCUT2D eigenvalue weighted by molar-refractivity contribution is 5.86. The van der Waals surface area contributed by atoms with Gasteiger partial charge in [-0.05, 0) is 18.2 Å². The molecular weight excluding hydrogens is 334 g/mol. The van der Waals surface area contributed by atoms with Gasteiger partial charge in [0.05, 0.1) is 24.1 Å². The van der Waals surface area contributed by atoms with Gasteiger partial charge in [-0.3, -0.25) is 9.69 Å². The standard InChI is InChI=1S/C18H23N5O3/c1-25-18-15-8-13(2-3-16(15)20-12-21-18)23-6-4-22(5-7-23)10-14-9-19-17(24)11-26-14/h2-3,8,12,14H,4-7,9-11H2,1H3,(H,19,24). The molecule has 1 atom stereocenters. The van der Waals surface area contributed by atoms with Crippen LogP contribution in [0.2, 0.25) is 0 Å². The number of carbonyl (C=O) groups excluding carboxylic acids is 1. The van der Waals surface area contributed by atoms with Crippen LogP contribution in [0.4, 0.5) is 5.69 Å². The van der Waals surface area contributed by atoms with Crippen molar-refractivity contribution in [3.63, 3.8) is 0 Å². The lowest BCUT2D eigenvalue weighted by molar-refractivity contribution is -0.133. The van der Waals surface area contributed by atoms with Crippen LogP contribution in [0.1, 0.15) is 0 Å². The van der Waals surface area contributed by atoms with E-state index in [-0.39, 0.29) is 18.6 Å². The van der Waals surface area contributed by atoms with Crippen LogP contribution in [-0.4, -0.2) is 79.9 Å². The molecule has 0 saturated carbocycles. The maximum absolute atomic E-state index is 11.2. The summed E-state index contributed by atoms with van der Waals surface area (Å²) in [6.07, 6.45) is 1.61.